The first-order valence-electron chi connectivity index (χ1n) is 8.89. The molecule has 2 fully saturated rings. The van der Waals surface area contributed by atoms with Gasteiger partial charge in [-0.05, 0) is 55.1 Å². The van der Waals surface area contributed by atoms with Gasteiger partial charge < -0.3 is 5.73 Å². The van der Waals surface area contributed by atoms with Crippen molar-refractivity contribution in [3.8, 4) is 0 Å². The summed E-state index contributed by atoms with van der Waals surface area (Å²) in [6.07, 6.45) is 6.55. The van der Waals surface area contributed by atoms with Gasteiger partial charge in [-0.2, -0.15) is 0 Å². The number of primary amides is 1. The van der Waals surface area contributed by atoms with Crippen molar-refractivity contribution in [1.29, 1.82) is 0 Å². The van der Waals surface area contributed by atoms with E-state index in [1.165, 1.54) is 25.7 Å². The molecule has 2 aliphatic rings. The van der Waals surface area contributed by atoms with Gasteiger partial charge in [0.05, 0.1) is 12.1 Å². The normalized spacial score (nSPS) is 22.7. The van der Waals surface area contributed by atoms with Gasteiger partial charge in [-0.1, -0.05) is 26.7 Å². The molecule has 7 heteroatoms. The summed E-state index contributed by atoms with van der Waals surface area (Å²) < 4.78 is 2.07. The van der Waals surface area contributed by atoms with Crippen molar-refractivity contribution in [3.63, 3.8) is 0 Å². The first-order valence-corrected chi connectivity index (χ1v) is 8.89. The summed E-state index contributed by atoms with van der Waals surface area (Å²) in [7, 11) is 0. The van der Waals surface area contributed by atoms with Gasteiger partial charge in [-0.15, -0.1) is 5.10 Å². The Balaban J connectivity index is 1.78. The zero-order valence-electron chi connectivity index (χ0n) is 14.2. The molecular weight excluding hydrogens is 292 g/mol. The van der Waals surface area contributed by atoms with Gasteiger partial charge >= 0.3 is 0 Å². The first-order chi connectivity index (χ1) is 11.1. The zero-order valence-corrected chi connectivity index (χ0v) is 14.2. The van der Waals surface area contributed by atoms with Crippen molar-refractivity contribution in [2.75, 3.05) is 13.1 Å². The molecule has 1 saturated heterocycles. The average Bonchev–Trinajstić information content (AvgIpc) is 3.18. The van der Waals surface area contributed by atoms with Gasteiger partial charge in [-0.3, -0.25) is 9.69 Å². The largest absolute Gasteiger partial charge is 0.369 e. The topological polar surface area (TPSA) is 89.9 Å². The van der Waals surface area contributed by atoms with Crippen LogP contribution < -0.4 is 5.73 Å². The number of carbonyl (C=O) groups is 1. The SMILES string of the molecule is CC(C)[C@H](c1nnnn1C1CCCC1)N1CCC(C(N)=O)CC1. The first kappa shape index (κ1) is 16.4. The summed E-state index contributed by atoms with van der Waals surface area (Å²) >= 11 is 0. The summed E-state index contributed by atoms with van der Waals surface area (Å²) in [6.45, 7) is 6.21. The Bertz CT molecular complexity index is 528. The summed E-state index contributed by atoms with van der Waals surface area (Å²) in [6, 6.07) is 0.656. The van der Waals surface area contributed by atoms with Gasteiger partial charge in [0.15, 0.2) is 5.82 Å². The molecule has 7 nitrogen and oxygen atoms in total. The number of nitrogens with zero attached hydrogens (tertiary/aromatic N) is 5. The van der Waals surface area contributed by atoms with E-state index in [1.54, 1.807) is 0 Å². The van der Waals surface area contributed by atoms with E-state index in [1.807, 2.05) is 0 Å². The van der Waals surface area contributed by atoms with Crippen LogP contribution in [0.3, 0.4) is 0 Å². The molecule has 0 unspecified atom stereocenters. The maximum absolute atomic E-state index is 11.4. The van der Waals surface area contributed by atoms with Crippen molar-refractivity contribution < 1.29 is 4.79 Å². The van der Waals surface area contributed by atoms with Crippen molar-refractivity contribution in [2.24, 2.45) is 17.6 Å². The molecule has 1 atom stereocenters. The highest BCUT2D eigenvalue weighted by Gasteiger charge is 2.34. The Hall–Kier alpha value is -1.50. The molecule has 1 saturated carbocycles. The lowest BCUT2D eigenvalue weighted by Gasteiger charge is -2.38. The maximum atomic E-state index is 11.4. The van der Waals surface area contributed by atoms with Crippen LogP contribution in [0.1, 0.15) is 70.3 Å². The fourth-order valence-corrected chi connectivity index (χ4v) is 4.15. The minimum Gasteiger partial charge on any atom is -0.369 e. The van der Waals surface area contributed by atoms with Gasteiger partial charge in [0.25, 0.3) is 0 Å². The summed E-state index contributed by atoms with van der Waals surface area (Å²) in [5, 5.41) is 12.6. The highest BCUT2D eigenvalue weighted by molar-refractivity contribution is 5.76. The van der Waals surface area contributed by atoms with Crippen LogP contribution in [0.2, 0.25) is 0 Å². The van der Waals surface area contributed by atoms with Gasteiger partial charge in [0.1, 0.15) is 0 Å². The van der Waals surface area contributed by atoms with Crippen LogP contribution in [0.5, 0.6) is 0 Å². The molecule has 0 bridgehead atoms. The fraction of sp³-hybridized carbons (Fsp3) is 0.875. The van der Waals surface area contributed by atoms with Crippen LogP contribution in [-0.4, -0.2) is 44.1 Å². The van der Waals surface area contributed by atoms with Crippen LogP contribution in [0.25, 0.3) is 0 Å². The van der Waals surface area contributed by atoms with Crippen LogP contribution in [0.4, 0.5) is 0 Å². The molecule has 2 heterocycles. The number of hydrogen-bond donors (Lipinski definition) is 1. The Morgan fingerprint density at radius 1 is 1.17 bits per heavy atom. The molecule has 1 aliphatic heterocycles. The highest BCUT2D eigenvalue weighted by atomic mass is 16.1. The van der Waals surface area contributed by atoms with E-state index in [9.17, 15) is 4.79 Å². The number of piperidine rings is 1. The second kappa shape index (κ2) is 6.95. The Kier molecular flexibility index (Phi) is 4.94. The number of aromatic nitrogens is 4. The van der Waals surface area contributed by atoms with Gasteiger partial charge in [0.2, 0.25) is 5.91 Å². The van der Waals surface area contributed by atoms with Crippen LogP contribution in [0, 0.1) is 11.8 Å². The molecule has 0 radical (unpaired) electrons. The maximum Gasteiger partial charge on any atom is 0.220 e. The quantitative estimate of drug-likeness (QED) is 0.891. The molecule has 23 heavy (non-hydrogen) atoms. The summed E-state index contributed by atoms with van der Waals surface area (Å²) in [5.41, 5.74) is 5.46. The third kappa shape index (κ3) is 3.39. The fourth-order valence-electron chi connectivity index (χ4n) is 4.15. The van der Waals surface area contributed by atoms with Crippen molar-refractivity contribution in [3.05, 3.63) is 5.82 Å². The number of carbonyl (C=O) groups excluding carboxylic acids is 1. The number of likely N-dealkylation sites (tertiary alicyclic amines) is 1. The predicted molar refractivity (Wildman–Crippen MR) is 86.4 cm³/mol. The predicted octanol–water partition coefficient (Wildman–Crippen LogP) is 1.68. The van der Waals surface area contributed by atoms with E-state index in [0.717, 1.165) is 31.8 Å². The number of amides is 1. The molecule has 1 amide bonds. The standard InChI is InChI=1S/C16H28N6O/c1-11(2)14(21-9-7-12(8-10-21)15(17)23)16-18-19-20-22(16)13-5-3-4-6-13/h11-14H,3-10H2,1-2H3,(H2,17,23)/t14-/m1/s1. The third-order valence-corrected chi connectivity index (χ3v) is 5.41. The minimum absolute atomic E-state index is 0.0184. The Morgan fingerprint density at radius 2 is 1.83 bits per heavy atom. The molecule has 2 N–H and O–H groups in total. The Morgan fingerprint density at radius 3 is 2.39 bits per heavy atom. The lowest BCUT2D eigenvalue weighted by atomic mass is 9.92. The molecule has 1 aromatic heterocycles. The van der Waals surface area contributed by atoms with Crippen molar-refractivity contribution in [2.45, 2.75) is 64.5 Å². The van der Waals surface area contributed by atoms with E-state index in [0.29, 0.717) is 12.0 Å². The molecular formula is C16H28N6O. The second-order valence-electron chi connectivity index (χ2n) is 7.32. The lowest BCUT2D eigenvalue weighted by molar-refractivity contribution is -0.123. The highest BCUT2D eigenvalue weighted by Crippen LogP contribution is 2.35. The molecule has 1 aromatic rings. The average molecular weight is 320 g/mol. The monoisotopic (exact) mass is 320 g/mol. The molecule has 1 aliphatic carbocycles. The number of rotatable bonds is 5. The van der Waals surface area contributed by atoms with Crippen molar-refractivity contribution >= 4 is 5.91 Å². The third-order valence-electron chi connectivity index (χ3n) is 5.41. The molecule has 0 aromatic carbocycles. The summed E-state index contributed by atoms with van der Waals surface area (Å²) in [5.74, 6) is 1.27. The van der Waals surface area contributed by atoms with Gasteiger partial charge in [-0.25, -0.2) is 4.68 Å². The van der Waals surface area contributed by atoms with Crippen LogP contribution in [0.15, 0.2) is 0 Å². The Labute approximate surface area is 137 Å². The van der Waals surface area contributed by atoms with E-state index >= 15 is 0 Å². The molecule has 0 spiro atoms. The van der Waals surface area contributed by atoms with E-state index in [-0.39, 0.29) is 17.9 Å². The van der Waals surface area contributed by atoms with Crippen LogP contribution >= 0.6 is 0 Å². The number of hydrogen-bond acceptors (Lipinski definition) is 5. The van der Waals surface area contributed by atoms with E-state index in [4.69, 9.17) is 5.73 Å². The lowest BCUT2D eigenvalue weighted by Crippen LogP contribution is -2.42. The second-order valence-corrected chi connectivity index (χ2v) is 7.32. The number of tetrazole rings is 1. The summed E-state index contributed by atoms with van der Waals surface area (Å²) in [4.78, 5) is 13.8. The van der Waals surface area contributed by atoms with Crippen molar-refractivity contribution in [1.82, 2.24) is 25.1 Å². The molecule has 3 rings (SSSR count). The number of nitrogens with two attached hydrogens (primary N) is 1. The van der Waals surface area contributed by atoms with E-state index in [2.05, 4.69) is 39.0 Å². The smallest absolute Gasteiger partial charge is 0.220 e. The van der Waals surface area contributed by atoms with Crippen LogP contribution in [-0.2, 0) is 4.79 Å². The minimum atomic E-state index is -0.165. The van der Waals surface area contributed by atoms with E-state index < -0.39 is 0 Å². The van der Waals surface area contributed by atoms with Gasteiger partial charge in [0, 0.05) is 5.92 Å². The molecule has 128 valence electrons. The zero-order chi connectivity index (χ0) is 16.4.